The van der Waals surface area contributed by atoms with E-state index in [9.17, 15) is 4.39 Å². The zero-order chi connectivity index (χ0) is 14.1. The van der Waals surface area contributed by atoms with Gasteiger partial charge in [-0.2, -0.15) is 0 Å². The molecule has 1 aromatic heterocycles. The van der Waals surface area contributed by atoms with Crippen LogP contribution in [-0.4, -0.2) is 35.1 Å². The quantitative estimate of drug-likeness (QED) is 0.911. The van der Waals surface area contributed by atoms with Crippen molar-refractivity contribution in [3.63, 3.8) is 0 Å². The van der Waals surface area contributed by atoms with Crippen LogP contribution in [0, 0.1) is 5.82 Å². The molecule has 3 nitrogen and oxygen atoms in total. The van der Waals surface area contributed by atoms with Gasteiger partial charge in [-0.1, -0.05) is 6.07 Å². The molecule has 106 valence electrons. The highest BCUT2D eigenvalue weighted by Gasteiger charge is 2.23. The number of rotatable bonds is 2. The van der Waals surface area contributed by atoms with Crippen LogP contribution in [0.4, 0.5) is 4.39 Å². The summed E-state index contributed by atoms with van der Waals surface area (Å²) in [7, 11) is 0. The van der Waals surface area contributed by atoms with Crippen molar-refractivity contribution in [3.05, 3.63) is 41.8 Å². The number of piperazine rings is 1. The van der Waals surface area contributed by atoms with E-state index < -0.39 is 0 Å². The Morgan fingerprint density at radius 1 is 1.35 bits per heavy atom. The number of hydrogen-bond donors (Lipinski definition) is 1. The van der Waals surface area contributed by atoms with Gasteiger partial charge in [-0.15, -0.1) is 0 Å². The molecule has 1 N–H and O–H groups in total. The molecule has 20 heavy (non-hydrogen) atoms. The van der Waals surface area contributed by atoms with E-state index in [2.05, 4.69) is 29.0 Å². The van der Waals surface area contributed by atoms with E-state index in [1.807, 2.05) is 6.07 Å². The van der Waals surface area contributed by atoms with Crippen molar-refractivity contribution in [2.75, 3.05) is 13.1 Å². The van der Waals surface area contributed by atoms with Crippen molar-refractivity contribution < 1.29 is 4.39 Å². The van der Waals surface area contributed by atoms with E-state index in [1.165, 1.54) is 0 Å². The van der Waals surface area contributed by atoms with Crippen LogP contribution >= 0.6 is 0 Å². The number of aromatic nitrogens is 1. The molecule has 0 saturated carbocycles. The van der Waals surface area contributed by atoms with Gasteiger partial charge >= 0.3 is 0 Å². The van der Waals surface area contributed by atoms with Gasteiger partial charge in [-0.3, -0.25) is 9.88 Å². The molecule has 2 heterocycles. The van der Waals surface area contributed by atoms with Gasteiger partial charge in [0.1, 0.15) is 5.82 Å². The summed E-state index contributed by atoms with van der Waals surface area (Å²) in [5.74, 6) is -0.196. The van der Waals surface area contributed by atoms with Gasteiger partial charge in [0.05, 0.1) is 5.52 Å². The fourth-order valence-corrected chi connectivity index (χ4v) is 2.86. The maximum atomic E-state index is 13.8. The highest BCUT2D eigenvalue weighted by atomic mass is 19.1. The highest BCUT2D eigenvalue weighted by molar-refractivity contribution is 5.82. The first-order valence-corrected chi connectivity index (χ1v) is 7.14. The Bertz CT molecular complexity index is 614. The SMILES string of the molecule is CC1CN(Cc2ccc(F)c3cccnc23)C(C)CN1. The predicted molar refractivity (Wildman–Crippen MR) is 79.0 cm³/mol. The van der Waals surface area contributed by atoms with Crippen molar-refractivity contribution >= 4 is 10.9 Å². The summed E-state index contributed by atoms with van der Waals surface area (Å²) in [6, 6.07) is 7.97. The van der Waals surface area contributed by atoms with Gasteiger partial charge < -0.3 is 5.32 Å². The number of nitrogens with one attached hydrogen (secondary N) is 1. The molecule has 0 amide bonds. The van der Waals surface area contributed by atoms with Crippen molar-refractivity contribution in [1.82, 2.24) is 15.2 Å². The fraction of sp³-hybridized carbons (Fsp3) is 0.438. The summed E-state index contributed by atoms with van der Waals surface area (Å²) in [5.41, 5.74) is 1.88. The molecular weight excluding hydrogens is 253 g/mol. The lowest BCUT2D eigenvalue weighted by atomic mass is 10.1. The van der Waals surface area contributed by atoms with Crippen LogP contribution in [0.3, 0.4) is 0 Å². The van der Waals surface area contributed by atoms with E-state index in [0.717, 1.165) is 30.7 Å². The Hall–Kier alpha value is -1.52. The highest BCUT2D eigenvalue weighted by Crippen LogP contribution is 2.22. The molecule has 0 bridgehead atoms. The van der Waals surface area contributed by atoms with Crippen LogP contribution in [0.1, 0.15) is 19.4 Å². The molecule has 1 aliphatic rings. The number of benzene rings is 1. The molecule has 4 heteroatoms. The van der Waals surface area contributed by atoms with Gasteiger partial charge in [0.2, 0.25) is 0 Å². The third kappa shape index (κ3) is 2.53. The van der Waals surface area contributed by atoms with Crippen molar-refractivity contribution in [1.29, 1.82) is 0 Å². The average molecular weight is 273 g/mol. The predicted octanol–water partition coefficient (Wildman–Crippen LogP) is 2.56. The first-order valence-electron chi connectivity index (χ1n) is 7.14. The average Bonchev–Trinajstić information content (AvgIpc) is 2.46. The molecule has 1 saturated heterocycles. The number of nitrogens with zero attached hydrogens (tertiary/aromatic N) is 2. The van der Waals surface area contributed by atoms with Crippen LogP contribution in [0.25, 0.3) is 10.9 Å². The minimum Gasteiger partial charge on any atom is -0.311 e. The standard InChI is InChI=1S/C16H20FN3/c1-11-9-20(12(2)8-19-11)10-13-5-6-15(17)14-4-3-7-18-16(13)14/h3-7,11-12,19H,8-10H2,1-2H3. The van der Waals surface area contributed by atoms with Gasteiger partial charge in [0.25, 0.3) is 0 Å². The molecular formula is C16H20FN3. The van der Waals surface area contributed by atoms with Crippen LogP contribution in [0.2, 0.25) is 0 Å². The Morgan fingerprint density at radius 2 is 2.20 bits per heavy atom. The molecule has 0 aliphatic carbocycles. The summed E-state index contributed by atoms with van der Waals surface area (Å²) in [6.45, 7) is 7.24. The maximum absolute atomic E-state index is 13.8. The topological polar surface area (TPSA) is 28.2 Å². The van der Waals surface area contributed by atoms with E-state index in [1.54, 1.807) is 24.4 Å². The van der Waals surface area contributed by atoms with Crippen LogP contribution in [0.15, 0.2) is 30.5 Å². The Balaban J connectivity index is 1.93. The first-order chi connectivity index (χ1) is 9.65. The number of fused-ring (bicyclic) bond motifs is 1. The molecule has 1 aliphatic heterocycles. The molecule has 2 atom stereocenters. The van der Waals surface area contributed by atoms with Crippen LogP contribution < -0.4 is 5.32 Å². The molecule has 3 rings (SSSR count). The maximum Gasteiger partial charge on any atom is 0.132 e. The van der Waals surface area contributed by atoms with Crippen molar-refractivity contribution in [2.24, 2.45) is 0 Å². The van der Waals surface area contributed by atoms with Crippen LogP contribution in [0.5, 0.6) is 0 Å². The second-order valence-corrected chi connectivity index (χ2v) is 5.69. The third-order valence-electron chi connectivity index (χ3n) is 4.07. The van der Waals surface area contributed by atoms with Crippen molar-refractivity contribution in [3.8, 4) is 0 Å². The monoisotopic (exact) mass is 273 g/mol. The van der Waals surface area contributed by atoms with Crippen molar-refractivity contribution in [2.45, 2.75) is 32.5 Å². The number of halogens is 1. The molecule has 1 aromatic carbocycles. The van der Waals surface area contributed by atoms with Gasteiger partial charge in [0.15, 0.2) is 0 Å². The summed E-state index contributed by atoms with van der Waals surface area (Å²) in [5, 5.41) is 4.09. The molecule has 1 fully saturated rings. The first kappa shape index (κ1) is 13.5. The zero-order valence-corrected chi connectivity index (χ0v) is 11.9. The van der Waals surface area contributed by atoms with Crippen LogP contribution in [-0.2, 0) is 6.54 Å². The number of pyridine rings is 1. The lowest BCUT2D eigenvalue weighted by molar-refractivity contribution is 0.139. The summed E-state index contributed by atoms with van der Waals surface area (Å²) in [4.78, 5) is 6.80. The fourth-order valence-electron chi connectivity index (χ4n) is 2.86. The Morgan fingerprint density at radius 3 is 3.05 bits per heavy atom. The summed E-state index contributed by atoms with van der Waals surface area (Å²) >= 11 is 0. The van der Waals surface area contributed by atoms with Gasteiger partial charge in [-0.05, 0) is 37.6 Å². The van der Waals surface area contributed by atoms with Gasteiger partial charge in [0, 0.05) is 43.3 Å². The van der Waals surface area contributed by atoms with E-state index in [4.69, 9.17) is 0 Å². The Kier molecular flexibility index (Phi) is 3.68. The summed E-state index contributed by atoms with van der Waals surface area (Å²) < 4.78 is 13.8. The zero-order valence-electron chi connectivity index (χ0n) is 11.9. The normalized spacial score (nSPS) is 24.1. The lowest BCUT2D eigenvalue weighted by Gasteiger charge is -2.37. The summed E-state index contributed by atoms with van der Waals surface area (Å²) in [6.07, 6.45) is 1.73. The minimum absolute atomic E-state index is 0.196. The third-order valence-corrected chi connectivity index (χ3v) is 4.07. The Labute approximate surface area is 118 Å². The molecule has 0 radical (unpaired) electrons. The molecule has 2 unspecified atom stereocenters. The molecule has 2 aromatic rings. The van der Waals surface area contributed by atoms with E-state index in [-0.39, 0.29) is 5.82 Å². The smallest absolute Gasteiger partial charge is 0.132 e. The number of hydrogen-bond acceptors (Lipinski definition) is 3. The lowest BCUT2D eigenvalue weighted by Crippen LogP contribution is -2.53. The molecule has 0 spiro atoms. The minimum atomic E-state index is -0.196. The van der Waals surface area contributed by atoms with Gasteiger partial charge in [-0.25, -0.2) is 4.39 Å². The van der Waals surface area contributed by atoms with E-state index in [0.29, 0.717) is 17.5 Å². The van der Waals surface area contributed by atoms with E-state index >= 15 is 0 Å². The largest absolute Gasteiger partial charge is 0.311 e. The second-order valence-electron chi connectivity index (χ2n) is 5.69. The second kappa shape index (κ2) is 5.46.